The Morgan fingerprint density at radius 3 is 2.80 bits per heavy atom. The lowest BCUT2D eigenvalue weighted by atomic mass is 10.2. The molecule has 2 N–H and O–H groups in total. The van der Waals surface area contributed by atoms with E-state index in [9.17, 15) is 4.79 Å². The lowest BCUT2D eigenvalue weighted by Gasteiger charge is -2.09. The monoisotopic (exact) mass is 373 g/mol. The topological polar surface area (TPSA) is 79.8 Å². The van der Waals surface area contributed by atoms with Crippen molar-refractivity contribution in [2.45, 2.75) is 6.54 Å². The highest BCUT2D eigenvalue weighted by Crippen LogP contribution is 2.27. The van der Waals surface area contributed by atoms with Gasteiger partial charge in [0.15, 0.2) is 0 Å². The Bertz CT molecular complexity index is 889. The Morgan fingerprint density at radius 2 is 2.00 bits per heavy atom. The average Bonchev–Trinajstić information content (AvgIpc) is 2.64. The zero-order valence-electron chi connectivity index (χ0n) is 12.9. The van der Waals surface area contributed by atoms with Gasteiger partial charge in [0.05, 0.1) is 10.7 Å². The normalized spacial score (nSPS) is 10.3. The van der Waals surface area contributed by atoms with Crippen LogP contribution in [0.15, 0.2) is 55.1 Å². The van der Waals surface area contributed by atoms with Crippen molar-refractivity contribution in [3.8, 4) is 0 Å². The molecule has 0 fully saturated rings. The van der Waals surface area contributed by atoms with Crippen LogP contribution in [-0.4, -0.2) is 20.9 Å². The number of aromatic nitrogens is 3. The van der Waals surface area contributed by atoms with Crippen LogP contribution >= 0.6 is 23.2 Å². The molecule has 0 saturated carbocycles. The van der Waals surface area contributed by atoms with Crippen molar-refractivity contribution in [3.63, 3.8) is 0 Å². The van der Waals surface area contributed by atoms with Crippen LogP contribution in [-0.2, 0) is 6.54 Å². The first-order valence-electron chi connectivity index (χ1n) is 7.33. The third kappa shape index (κ3) is 4.65. The van der Waals surface area contributed by atoms with Gasteiger partial charge in [-0.25, -0.2) is 9.97 Å². The first-order valence-corrected chi connectivity index (χ1v) is 8.08. The van der Waals surface area contributed by atoms with Gasteiger partial charge in [0.25, 0.3) is 5.91 Å². The van der Waals surface area contributed by atoms with Gasteiger partial charge in [-0.1, -0.05) is 29.3 Å². The summed E-state index contributed by atoms with van der Waals surface area (Å²) in [5.74, 6) is 0.122. The molecule has 2 heterocycles. The molecule has 126 valence electrons. The van der Waals surface area contributed by atoms with Gasteiger partial charge in [0, 0.05) is 30.0 Å². The summed E-state index contributed by atoms with van der Waals surface area (Å²) in [5, 5.41) is 6.84. The number of hydrogen-bond acceptors (Lipinski definition) is 5. The first-order chi connectivity index (χ1) is 12.1. The van der Waals surface area contributed by atoms with Crippen LogP contribution in [0.1, 0.15) is 16.1 Å². The summed E-state index contributed by atoms with van der Waals surface area (Å²) >= 11 is 12.1. The third-order valence-electron chi connectivity index (χ3n) is 3.27. The van der Waals surface area contributed by atoms with Gasteiger partial charge >= 0.3 is 0 Å². The summed E-state index contributed by atoms with van der Waals surface area (Å²) in [6.07, 6.45) is 4.67. The number of anilines is 2. The minimum atomic E-state index is -0.313. The van der Waals surface area contributed by atoms with Crippen LogP contribution in [0, 0.1) is 0 Å². The molecule has 25 heavy (non-hydrogen) atoms. The molecule has 0 spiro atoms. The largest absolute Gasteiger partial charge is 0.347 e. The van der Waals surface area contributed by atoms with E-state index in [1.165, 1.54) is 12.4 Å². The molecule has 8 heteroatoms. The lowest BCUT2D eigenvalue weighted by molar-refractivity contribution is 0.0946. The highest BCUT2D eigenvalue weighted by atomic mass is 35.5. The van der Waals surface area contributed by atoms with E-state index < -0.39 is 0 Å². The quantitative estimate of drug-likeness (QED) is 0.709. The molecule has 2 aromatic heterocycles. The molecule has 1 amide bonds. The second-order valence-electron chi connectivity index (χ2n) is 5.08. The molecule has 0 aliphatic heterocycles. The van der Waals surface area contributed by atoms with E-state index in [0.717, 1.165) is 5.56 Å². The molecule has 0 saturated heterocycles. The number of nitrogens with one attached hydrogen (secondary N) is 2. The van der Waals surface area contributed by atoms with E-state index in [1.54, 1.807) is 30.6 Å². The van der Waals surface area contributed by atoms with Crippen LogP contribution < -0.4 is 10.6 Å². The molecule has 0 unspecified atom stereocenters. The van der Waals surface area contributed by atoms with E-state index in [4.69, 9.17) is 23.2 Å². The molecule has 0 radical (unpaired) electrons. The van der Waals surface area contributed by atoms with E-state index in [2.05, 4.69) is 25.6 Å². The van der Waals surface area contributed by atoms with Crippen LogP contribution in [0.5, 0.6) is 0 Å². The second-order valence-corrected chi connectivity index (χ2v) is 5.93. The van der Waals surface area contributed by atoms with Crippen molar-refractivity contribution < 1.29 is 4.79 Å². The predicted octanol–water partition coefficient (Wildman–Crippen LogP) is 3.85. The maximum Gasteiger partial charge on any atom is 0.270 e. The number of carbonyl (C=O) groups excluding carboxylic acids is 1. The molecule has 0 aliphatic rings. The van der Waals surface area contributed by atoms with Crippen LogP contribution in [0.4, 0.5) is 11.5 Å². The van der Waals surface area contributed by atoms with Crippen molar-refractivity contribution in [1.82, 2.24) is 20.3 Å². The van der Waals surface area contributed by atoms with Crippen LogP contribution in [0.2, 0.25) is 10.0 Å². The van der Waals surface area contributed by atoms with E-state index in [-0.39, 0.29) is 11.6 Å². The minimum absolute atomic E-state index is 0.236. The molecule has 3 rings (SSSR count). The molecular weight excluding hydrogens is 361 g/mol. The van der Waals surface area contributed by atoms with Crippen LogP contribution in [0.3, 0.4) is 0 Å². The number of halogens is 2. The summed E-state index contributed by atoms with van der Waals surface area (Å²) in [4.78, 5) is 24.3. The fourth-order valence-corrected chi connectivity index (χ4v) is 2.39. The Hall–Kier alpha value is -2.70. The van der Waals surface area contributed by atoms with E-state index in [0.29, 0.717) is 28.1 Å². The van der Waals surface area contributed by atoms with Crippen molar-refractivity contribution >= 4 is 40.6 Å². The summed E-state index contributed by atoms with van der Waals surface area (Å²) < 4.78 is 0. The van der Waals surface area contributed by atoms with Gasteiger partial charge in [0.2, 0.25) is 0 Å². The predicted molar refractivity (Wildman–Crippen MR) is 97.2 cm³/mol. The Kier molecular flexibility index (Phi) is 5.42. The summed E-state index contributed by atoms with van der Waals surface area (Å²) in [7, 11) is 0. The molecule has 0 atom stereocenters. The van der Waals surface area contributed by atoms with Gasteiger partial charge in [-0.15, -0.1) is 0 Å². The molecular formula is C17H13Cl2N5O. The highest BCUT2D eigenvalue weighted by molar-refractivity contribution is 6.35. The van der Waals surface area contributed by atoms with Gasteiger partial charge in [-0.3, -0.25) is 9.78 Å². The molecule has 0 aliphatic carbocycles. The highest BCUT2D eigenvalue weighted by Gasteiger charge is 2.10. The average molecular weight is 374 g/mol. The van der Waals surface area contributed by atoms with E-state index >= 15 is 0 Å². The lowest BCUT2D eigenvalue weighted by Crippen LogP contribution is -2.24. The maximum atomic E-state index is 12.2. The van der Waals surface area contributed by atoms with Gasteiger partial charge in [-0.05, 0) is 29.8 Å². The first kappa shape index (κ1) is 17.1. The fourth-order valence-electron chi connectivity index (χ4n) is 2.06. The smallest absolute Gasteiger partial charge is 0.270 e. The Labute approximate surface area is 154 Å². The maximum absolute atomic E-state index is 12.2. The number of carbonyl (C=O) groups is 1. The zero-order chi connectivity index (χ0) is 17.6. The Balaban J connectivity index is 1.70. The number of hydrogen-bond donors (Lipinski definition) is 2. The summed E-state index contributed by atoms with van der Waals surface area (Å²) in [5.41, 5.74) is 1.73. The van der Waals surface area contributed by atoms with Crippen molar-refractivity contribution in [2.24, 2.45) is 0 Å². The number of rotatable bonds is 5. The SMILES string of the molecule is O=C(NCc1cccnc1)c1cc(Nc2cc(Cl)ccc2Cl)ncn1. The molecule has 6 nitrogen and oxygen atoms in total. The standard InChI is InChI=1S/C17H13Cl2N5O/c18-12-3-4-13(19)14(6-12)24-16-7-15(22-10-23-16)17(25)21-9-11-2-1-5-20-8-11/h1-8,10H,9H2,(H,21,25)(H,22,23,24). The number of pyridine rings is 1. The zero-order valence-corrected chi connectivity index (χ0v) is 14.4. The summed E-state index contributed by atoms with van der Waals surface area (Å²) in [6.45, 7) is 0.361. The Morgan fingerprint density at radius 1 is 1.12 bits per heavy atom. The molecule has 0 bridgehead atoms. The number of amides is 1. The van der Waals surface area contributed by atoms with Gasteiger partial charge < -0.3 is 10.6 Å². The van der Waals surface area contributed by atoms with Crippen molar-refractivity contribution in [2.75, 3.05) is 5.32 Å². The fraction of sp³-hybridized carbons (Fsp3) is 0.0588. The number of nitrogens with zero attached hydrogens (tertiary/aromatic N) is 3. The second kappa shape index (κ2) is 7.92. The van der Waals surface area contributed by atoms with E-state index in [1.807, 2.05) is 12.1 Å². The number of benzene rings is 1. The third-order valence-corrected chi connectivity index (χ3v) is 3.83. The van der Waals surface area contributed by atoms with Crippen LogP contribution in [0.25, 0.3) is 0 Å². The van der Waals surface area contributed by atoms with Gasteiger partial charge in [-0.2, -0.15) is 0 Å². The minimum Gasteiger partial charge on any atom is -0.347 e. The summed E-state index contributed by atoms with van der Waals surface area (Å²) in [6, 6.07) is 10.3. The van der Waals surface area contributed by atoms with Crippen molar-refractivity contribution in [3.05, 3.63) is 76.4 Å². The van der Waals surface area contributed by atoms with Gasteiger partial charge in [0.1, 0.15) is 17.8 Å². The van der Waals surface area contributed by atoms with Crippen molar-refractivity contribution in [1.29, 1.82) is 0 Å². The molecule has 3 aromatic rings. The molecule has 1 aromatic carbocycles.